The number of nitrogens with two attached hydrogens (primary N) is 1. The van der Waals surface area contributed by atoms with E-state index in [1.54, 1.807) is 11.4 Å². The van der Waals surface area contributed by atoms with Crippen molar-refractivity contribution >= 4 is 28.6 Å². The van der Waals surface area contributed by atoms with Crippen LogP contribution in [0.15, 0.2) is 29.6 Å². The first-order valence-electron chi connectivity index (χ1n) is 4.55. The molecule has 0 fully saturated rings. The predicted octanol–water partition coefficient (Wildman–Crippen LogP) is 3.20. The van der Waals surface area contributed by atoms with E-state index in [9.17, 15) is 9.50 Å². The number of nitrogen functional groups attached to an aromatic ring is 1. The highest BCUT2D eigenvalue weighted by molar-refractivity contribution is 7.10. The molecule has 3 N–H and O–H groups in total. The molecule has 0 bridgehead atoms. The van der Waals surface area contributed by atoms with E-state index in [0.717, 1.165) is 0 Å². The van der Waals surface area contributed by atoms with E-state index >= 15 is 0 Å². The van der Waals surface area contributed by atoms with Gasteiger partial charge in [-0.25, -0.2) is 4.39 Å². The number of aliphatic hydroxyl groups excluding tert-OH is 1. The van der Waals surface area contributed by atoms with E-state index in [2.05, 4.69) is 0 Å². The topological polar surface area (TPSA) is 46.2 Å². The minimum Gasteiger partial charge on any atom is -0.398 e. The third kappa shape index (κ3) is 2.04. The van der Waals surface area contributed by atoms with Crippen molar-refractivity contribution in [1.29, 1.82) is 0 Å². The van der Waals surface area contributed by atoms with Crippen molar-refractivity contribution in [2.24, 2.45) is 0 Å². The number of benzene rings is 1. The molecule has 0 aliphatic heterocycles. The molecule has 0 saturated heterocycles. The van der Waals surface area contributed by atoms with Gasteiger partial charge in [0.05, 0.1) is 9.90 Å². The zero-order valence-corrected chi connectivity index (χ0v) is 9.73. The van der Waals surface area contributed by atoms with E-state index in [1.807, 2.05) is 0 Å². The lowest BCUT2D eigenvalue weighted by molar-refractivity contribution is 0.224. The summed E-state index contributed by atoms with van der Waals surface area (Å²) in [7, 11) is 0. The zero-order valence-electron chi connectivity index (χ0n) is 8.15. The van der Waals surface area contributed by atoms with Crippen LogP contribution in [0, 0.1) is 5.82 Å². The summed E-state index contributed by atoms with van der Waals surface area (Å²) in [5.74, 6) is -0.434. The van der Waals surface area contributed by atoms with Gasteiger partial charge in [0.15, 0.2) is 0 Å². The first-order chi connectivity index (χ1) is 7.59. The highest BCUT2D eigenvalue weighted by Gasteiger charge is 2.18. The molecule has 1 atom stereocenters. The summed E-state index contributed by atoms with van der Waals surface area (Å²) in [6, 6.07) is 5.58. The quantitative estimate of drug-likeness (QED) is 0.812. The summed E-state index contributed by atoms with van der Waals surface area (Å²) in [4.78, 5) is 0.568. The number of aliphatic hydroxyl groups is 1. The molecule has 0 aliphatic carbocycles. The van der Waals surface area contributed by atoms with Crippen molar-refractivity contribution in [3.05, 3.63) is 50.9 Å². The number of halogens is 2. The van der Waals surface area contributed by atoms with Gasteiger partial charge in [-0.3, -0.25) is 0 Å². The van der Waals surface area contributed by atoms with Gasteiger partial charge in [-0.1, -0.05) is 11.6 Å². The summed E-state index contributed by atoms with van der Waals surface area (Å²) in [5, 5.41) is 12.3. The molecule has 2 nitrogen and oxygen atoms in total. The monoisotopic (exact) mass is 257 g/mol. The standard InChI is InChI=1S/C11H9ClFNOS/c12-8-3-4-16-11(8)10(15)7-5-6(13)1-2-9(7)14/h1-5,10,15H,14H2. The molecule has 16 heavy (non-hydrogen) atoms. The summed E-state index contributed by atoms with van der Waals surface area (Å²) >= 11 is 7.20. The highest BCUT2D eigenvalue weighted by Crippen LogP contribution is 2.35. The molecule has 2 aromatic rings. The molecule has 0 saturated carbocycles. The first-order valence-corrected chi connectivity index (χ1v) is 5.81. The van der Waals surface area contributed by atoms with Crippen molar-refractivity contribution in [2.45, 2.75) is 6.10 Å². The Kier molecular flexibility index (Phi) is 3.14. The number of hydrogen-bond donors (Lipinski definition) is 2. The lowest BCUT2D eigenvalue weighted by atomic mass is 10.1. The Balaban J connectivity index is 2.45. The van der Waals surface area contributed by atoms with Crippen LogP contribution in [0.3, 0.4) is 0 Å². The number of thiophene rings is 1. The van der Waals surface area contributed by atoms with Crippen LogP contribution in [-0.2, 0) is 0 Å². The minimum atomic E-state index is -0.983. The van der Waals surface area contributed by atoms with Crippen LogP contribution in [0.1, 0.15) is 16.5 Å². The molecule has 1 unspecified atom stereocenters. The predicted molar refractivity (Wildman–Crippen MR) is 64.2 cm³/mol. The molecular formula is C11H9ClFNOS. The third-order valence-electron chi connectivity index (χ3n) is 2.24. The van der Waals surface area contributed by atoms with Crippen LogP contribution in [0.4, 0.5) is 10.1 Å². The Morgan fingerprint density at radius 1 is 1.38 bits per heavy atom. The first kappa shape index (κ1) is 11.4. The van der Waals surface area contributed by atoms with Gasteiger partial charge in [0.2, 0.25) is 0 Å². The molecule has 0 aliphatic rings. The summed E-state index contributed by atoms with van der Waals surface area (Å²) in [5.41, 5.74) is 6.36. The fourth-order valence-corrected chi connectivity index (χ4v) is 2.59. The van der Waals surface area contributed by atoms with E-state index in [1.165, 1.54) is 29.5 Å². The molecule has 0 radical (unpaired) electrons. The second kappa shape index (κ2) is 4.41. The molecule has 1 aromatic carbocycles. The SMILES string of the molecule is Nc1ccc(F)cc1C(O)c1sccc1Cl. The smallest absolute Gasteiger partial charge is 0.123 e. The van der Waals surface area contributed by atoms with Gasteiger partial charge in [0.25, 0.3) is 0 Å². The van der Waals surface area contributed by atoms with Crippen LogP contribution in [0.2, 0.25) is 5.02 Å². The van der Waals surface area contributed by atoms with Crippen molar-refractivity contribution in [2.75, 3.05) is 5.73 Å². The second-order valence-electron chi connectivity index (χ2n) is 3.31. The molecule has 1 heterocycles. The summed E-state index contributed by atoms with van der Waals surface area (Å²) in [6.45, 7) is 0. The normalized spacial score (nSPS) is 12.7. The van der Waals surface area contributed by atoms with Gasteiger partial charge >= 0.3 is 0 Å². The Morgan fingerprint density at radius 3 is 2.75 bits per heavy atom. The molecule has 0 amide bonds. The maximum atomic E-state index is 13.1. The Hall–Kier alpha value is -1.10. The molecule has 84 valence electrons. The molecule has 2 rings (SSSR count). The van der Waals surface area contributed by atoms with Crippen LogP contribution in [0.5, 0.6) is 0 Å². The number of rotatable bonds is 2. The maximum absolute atomic E-state index is 13.1. The lowest BCUT2D eigenvalue weighted by Crippen LogP contribution is -2.03. The third-order valence-corrected chi connectivity index (χ3v) is 3.65. The Morgan fingerprint density at radius 2 is 2.12 bits per heavy atom. The average molecular weight is 258 g/mol. The van der Waals surface area contributed by atoms with Gasteiger partial charge in [-0.15, -0.1) is 11.3 Å². The lowest BCUT2D eigenvalue weighted by Gasteiger charge is -2.12. The average Bonchev–Trinajstić information content (AvgIpc) is 2.67. The minimum absolute atomic E-state index is 0.337. The maximum Gasteiger partial charge on any atom is 0.123 e. The van der Waals surface area contributed by atoms with Crippen molar-refractivity contribution in [1.82, 2.24) is 0 Å². The fourth-order valence-electron chi connectivity index (χ4n) is 1.42. The van der Waals surface area contributed by atoms with Crippen molar-refractivity contribution < 1.29 is 9.50 Å². The summed E-state index contributed by atoms with van der Waals surface area (Å²) in [6.07, 6.45) is -0.983. The highest BCUT2D eigenvalue weighted by atomic mass is 35.5. The van der Waals surface area contributed by atoms with Gasteiger partial charge in [-0.05, 0) is 29.6 Å². The van der Waals surface area contributed by atoms with Crippen LogP contribution >= 0.6 is 22.9 Å². The molecule has 0 spiro atoms. The van der Waals surface area contributed by atoms with Gasteiger partial charge in [0.1, 0.15) is 11.9 Å². The van der Waals surface area contributed by atoms with Crippen molar-refractivity contribution in [3.63, 3.8) is 0 Å². The molecular weight excluding hydrogens is 249 g/mol. The van der Waals surface area contributed by atoms with Gasteiger partial charge < -0.3 is 10.8 Å². The van der Waals surface area contributed by atoms with Crippen molar-refractivity contribution in [3.8, 4) is 0 Å². The van der Waals surface area contributed by atoms with Gasteiger partial charge in [-0.2, -0.15) is 0 Å². The zero-order chi connectivity index (χ0) is 11.7. The largest absolute Gasteiger partial charge is 0.398 e. The van der Waals surface area contributed by atoms with E-state index < -0.39 is 11.9 Å². The van der Waals surface area contributed by atoms with Crippen LogP contribution < -0.4 is 5.73 Å². The fraction of sp³-hybridized carbons (Fsp3) is 0.0909. The summed E-state index contributed by atoms with van der Waals surface area (Å²) < 4.78 is 13.1. The van der Waals surface area contributed by atoms with E-state index in [4.69, 9.17) is 17.3 Å². The van der Waals surface area contributed by atoms with E-state index in [-0.39, 0.29) is 0 Å². The molecule has 5 heteroatoms. The molecule has 1 aromatic heterocycles. The number of anilines is 1. The van der Waals surface area contributed by atoms with Gasteiger partial charge in [0, 0.05) is 11.3 Å². The van der Waals surface area contributed by atoms with E-state index in [0.29, 0.717) is 21.2 Å². The Labute approximate surface area is 101 Å². The second-order valence-corrected chi connectivity index (χ2v) is 4.66. The van der Waals surface area contributed by atoms with Crippen LogP contribution in [0.25, 0.3) is 0 Å². The van der Waals surface area contributed by atoms with Crippen LogP contribution in [-0.4, -0.2) is 5.11 Å². The number of hydrogen-bond acceptors (Lipinski definition) is 3. The Bertz CT molecular complexity index is 514.